The van der Waals surface area contributed by atoms with Crippen LogP contribution in [0.4, 0.5) is 10.5 Å². The maximum atomic E-state index is 13.9. The molecule has 0 radical (unpaired) electrons. The van der Waals surface area contributed by atoms with Crippen molar-refractivity contribution in [2.75, 3.05) is 25.2 Å². The molecule has 2 aliphatic rings. The molecule has 3 aromatic rings. The van der Waals surface area contributed by atoms with Crippen LogP contribution in [-0.4, -0.2) is 52.2 Å². The van der Waals surface area contributed by atoms with Gasteiger partial charge in [-0.1, -0.05) is 6.07 Å². The number of fused-ring (bicyclic) bond motifs is 2. The highest BCUT2D eigenvalue weighted by molar-refractivity contribution is 6.13. The number of rotatable bonds is 5. The van der Waals surface area contributed by atoms with Gasteiger partial charge >= 0.3 is 17.7 Å². The first-order chi connectivity index (χ1) is 17.3. The number of anilines is 1. The molecule has 1 aromatic heterocycles. The minimum absolute atomic E-state index is 0.126. The number of carbonyl (C=O) groups excluding carboxylic acids is 3. The first-order valence-electron chi connectivity index (χ1n) is 11.9. The third-order valence-electron chi connectivity index (χ3n) is 7.18. The molecule has 2 atom stereocenters. The van der Waals surface area contributed by atoms with Crippen molar-refractivity contribution in [3.63, 3.8) is 0 Å². The van der Waals surface area contributed by atoms with Gasteiger partial charge < -0.3 is 9.47 Å². The number of aromatic nitrogens is 2. The number of nitrogens with zero attached hydrogens (tertiary/aromatic N) is 4. The first kappa shape index (κ1) is 23.7. The molecule has 1 saturated heterocycles. The van der Waals surface area contributed by atoms with Gasteiger partial charge in [0, 0.05) is 19.8 Å². The SMILES string of the molecule is CCOC(=O)C1CN(c2ccc3c(c2)n(C)c(=O)n3C)C(=O)N(C2CCc3cc(OC)ccc32)C1=O. The summed E-state index contributed by atoms with van der Waals surface area (Å²) in [6, 6.07) is 9.80. The van der Waals surface area contributed by atoms with E-state index in [0.29, 0.717) is 35.3 Å². The van der Waals surface area contributed by atoms with Crippen LogP contribution in [0.3, 0.4) is 0 Å². The Kier molecular flexibility index (Phi) is 5.82. The predicted octanol–water partition coefficient (Wildman–Crippen LogP) is 2.52. The summed E-state index contributed by atoms with van der Waals surface area (Å²) in [5.74, 6) is -1.67. The van der Waals surface area contributed by atoms with Crippen LogP contribution in [0.1, 0.15) is 30.5 Å². The van der Waals surface area contributed by atoms with Crippen molar-refractivity contribution >= 4 is 34.6 Å². The van der Waals surface area contributed by atoms with Crippen LogP contribution in [0.2, 0.25) is 0 Å². The van der Waals surface area contributed by atoms with Gasteiger partial charge in [-0.25, -0.2) is 9.59 Å². The summed E-state index contributed by atoms with van der Waals surface area (Å²) < 4.78 is 13.6. The zero-order valence-corrected chi connectivity index (χ0v) is 20.7. The monoisotopic (exact) mass is 492 g/mol. The molecule has 0 N–H and O–H groups in total. The number of esters is 1. The van der Waals surface area contributed by atoms with E-state index in [2.05, 4.69) is 0 Å². The van der Waals surface area contributed by atoms with Gasteiger partial charge in [0.1, 0.15) is 5.75 Å². The summed E-state index contributed by atoms with van der Waals surface area (Å²) in [6.07, 6.45) is 1.23. The molecule has 5 rings (SSSR count). The number of methoxy groups -OCH3 is 1. The van der Waals surface area contributed by atoms with Crippen molar-refractivity contribution in [2.45, 2.75) is 25.8 Å². The Labute approximate surface area is 207 Å². The van der Waals surface area contributed by atoms with E-state index in [4.69, 9.17) is 9.47 Å². The molecule has 3 amide bonds. The second-order valence-corrected chi connectivity index (χ2v) is 9.10. The number of ether oxygens (including phenoxy) is 2. The molecule has 36 heavy (non-hydrogen) atoms. The highest BCUT2D eigenvalue weighted by atomic mass is 16.5. The Morgan fingerprint density at radius 3 is 2.50 bits per heavy atom. The van der Waals surface area contributed by atoms with E-state index in [1.807, 2.05) is 12.1 Å². The number of benzene rings is 2. The Morgan fingerprint density at radius 1 is 1.03 bits per heavy atom. The second kappa shape index (κ2) is 8.85. The number of carbonyl (C=O) groups is 3. The summed E-state index contributed by atoms with van der Waals surface area (Å²) >= 11 is 0. The van der Waals surface area contributed by atoms with Gasteiger partial charge in [0.15, 0.2) is 5.92 Å². The molecule has 1 fully saturated rings. The molecule has 1 aliphatic heterocycles. The number of imide groups is 1. The molecular formula is C26H28N4O6. The molecule has 0 bridgehead atoms. The Bertz CT molecular complexity index is 1450. The molecule has 0 saturated carbocycles. The minimum Gasteiger partial charge on any atom is -0.497 e. The van der Waals surface area contributed by atoms with E-state index < -0.39 is 29.9 Å². The lowest BCUT2D eigenvalue weighted by Gasteiger charge is -2.40. The fourth-order valence-electron chi connectivity index (χ4n) is 5.28. The molecule has 2 heterocycles. The number of urea groups is 1. The molecule has 2 unspecified atom stereocenters. The van der Waals surface area contributed by atoms with E-state index in [1.54, 1.807) is 52.4 Å². The molecule has 1 aliphatic carbocycles. The number of amides is 3. The lowest BCUT2D eigenvalue weighted by Crippen LogP contribution is -2.59. The third-order valence-corrected chi connectivity index (χ3v) is 7.18. The summed E-state index contributed by atoms with van der Waals surface area (Å²) in [7, 11) is 4.93. The molecule has 0 spiro atoms. The maximum Gasteiger partial charge on any atom is 0.331 e. The number of imidazole rings is 1. The van der Waals surface area contributed by atoms with Crippen LogP contribution in [0.15, 0.2) is 41.2 Å². The molecule has 2 aromatic carbocycles. The van der Waals surface area contributed by atoms with E-state index in [1.165, 1.54) is 18.9 Å². The highest BCUT2D eigenvalue weighted by Gasteiger charge is 2.48. The molecular weight excluding hydrogens is 464 g/mol. The van der Waals surface area contributed by atoms with Crippen molar-refractivity contribution in [3.8, 4) is 5.75 Å². The van der Waals surface area contributed by atoms with Crippen molar-refractivity contribution in [3.05, 3.63) is 58.0 Å². The topological polar surface area (TPSA) is 103 Å². The lowest BCUT2D eigenvalue weighted by molar-refractivity contribution is -0.155. The third kappa shape index (κ3) is 3.55. The fourth-order valence-corrected chi connectivity index (χ4v) is 5.28. The van der Waals surface area contributed by atoms with Gasteiger partial charge in [-0.3, -0.25) is 28.5 Å². The van der Waals surface area contributed by atoms with Crippen LogP contribution in [0.5, 0.6) is 5.75 Å². The van der Waals surface area contributed by atoms with Crippen molar-refractivity contribution in [1.82, 2.24) is 14.0 Å². The Hall–Kier alpha value is -4.08. The van der Waals surface area contributed by atoms with Gasteiger partial charge in [0.2, 0.25) is 5.91 Å². The largest absolute Gasteiger partial charge is 0.497 e. The zero-order valence-electron chi connectivity index (χ0n) is 20.7. The van der Waals surface area contributed by atoms with Gasteiger partial charge in [-0.05, 0) is 61.2 Å². The minimum atomic E-state index is -1.15. The molecule has 188 valence electrons. The van der Waals surface area contributed by atoms with Gasteiger partial charge in [0.05, 0.1) is 37.3 Å². The molecule has 10 heteroatoms. The summed E-state index contributed by atoms with van der Waals surface area (Å²) in [6.45, 7) is 1.67. The van der Waals surface area contributed by atoms with E-state index in [0.717, 1.165) is 11.1 Å². The quantitative estimate of drug-likeness (QED) is 0.401. The fraction of sp³-hybridized carbons (Fsp3) is 0.385. The van der Waals surface area contributed by atoms with Crippen LogP contribution in [-0.2, 0) is 34.8 Å². The van der Waals surface area contributed by atoms with Gasteiger partial charge in [-0.2, -0.15) is 0 Å². The number of hydrogen-bond acceptors (Lipinski definition) is 6. The van der Waals surface area contributed by atoms with E-state index in [9.17, 15) is 19.2 Å². The number of aryl methyl sites for hydroxylation is 3. The number of hydrogen-bond donors (Lipinski definition) is 0. The second-order valence-electron chi connectivity index (χ2n) is 9.10. The lowest BCUT2D eigenvalue weighted by atomic mass is 9.99. The van der Waals surface area contributed by atoms with Gasteiger partial charge in [-0.15, -0.1) is 0 Å². The average Bonchev–Trinajstić information content (AvgIpc) is 3.38. The zero-order chi connectivity index (χ0) is 25.7. The summed E-state index contributed by atoms with van der Waals surface area (Å²) in [5, 5.41) is 0. The van der Waals surface area contributed by atoms with Crippen molar-refractivity contribution in [2.24, 2.45) is 20.0 Å². The van der Waals surface area contributed by atoms with Gasteiger partial charge in [0.25, 0.3) is 0 Å². The van der Waals surface area contributed by atoms with Crippen LogP contribution in [0.25, 0.3) is 11.0 Å². The standard InChI is InChI=1S/C26H28N4O6/c1-5-36-24(32)19-14-29(16-7-11-21-22(13-16)28(3)25(33)27(21)2)26(34)30(23(19)31)20-10-6-15-12-17(35-4)8-9-18(15)20/h7-9,11-13,19-20H,5-6,10,14H2,1-4H3. The summed E-state index contributed by atoms with van der Waals surface area (Å²) in [4.78, 5) is 55.3. The normalized spacial score (nSPS) is 19.7. The van der Waals surface area contributed by atoms with E-state index >= 15 is 0 Å². The van der Waals surface area contributed by atoms with Crippen LogP contribution < -0.4 is 15.3 Å². The predicted molar refractivity (Wildman–Crippen MR) is 132 cm³/mol. The highest BCUT2D eigenvalue weighted by Crippen LogP contribution is 2.41. The van der Waals surface area contributed by atoms with E-state index in [-0.39, 0.29) is 18.8 Å². The average molecular weight is 493 g/mol. The maximum absolute atomic E-state index is 13.9. The summed E-state index contributed by atoms with van der Waals surface area (Å²) in [5.41, 5.74) is 3.53. The van der Waals surface area contributed by atoms with Crippen LogP contribution in [0, 0.1) is 5.92 Å². The van der Waals surface area contributed by atoms with Crippen LogP contribution >= 0.6 is 0 Å². The smallest absolute Gasteiger partial charge is 0.331 e. The Balaban J connectivity index is 1.59. The first-order valence-corrected chi connectivity index (χ1v) is 11.9. The van der Waals surface area contributed by atoms with Crippen molar-refractivity contribution < 1.29 is 23.9 Å². The van der Waals surface area contributed by atoms with Crippen molar-refractivity contribution in [1.29, 1.82) is 0 Å². The molecule has 10 nitrogen and oxygen atoms in total. The Morgan fingerprint density at radius 2 is 1.78 bits per heavy atom.